The van der Waals surface area contributed by atoms with Gasteiger partial charge in [0.1, 0.15) is 11.6 Å². The van der Waals surface area contributed by atoms with Crippen molar-refractivity contribution in [1.29, 1.82) is 0 Å². The second-order valence-electron chi connectivity index (χ2n) is 8.65. The van der Waals surface area contributed by atoms with E-state index in [0.717, 1.165) is 62.0 Å². The standard InChI is InChI=1S/C25H31ClN6O/c1-31-11-13-32(14-12-31)10-2-8-29-25-22(16-20(26)17-30-25)23(33)6-4-18-3-5-21-19(15-18)7-9-28-24(21)27/h3,5,7,9,15-17H,2,4,6,8,10-14H2,1H3,(H2,27,28)(H,29,30). The number of ketones is 1. The molecular formula is C25H31ClN6O. The molecule has 7 nitrogen and oxygen atoms in total. The maximum atomic E-state index is 13.0. The maximum absolute atomic E-state index is 13.0. The summed E-state index contributed by atoms with van der Waals surface area (Å²) in [5, 5.41) is 5.77. The summed E-state index contributed by atoms with van der Waals surface area (Å²) >= 11 is 6.16. The number of benzene rings is 1. The molecule has 4 rings (SSSR count). The van der Waals surface area contributed by atoms with Crippen LogP contribution in [0, 0.1) is 0 Å². The van der Waals surface area contributed by atoms with Gasteiger partial charge < -0.3 is 20.9 Å². The minimum absolute atomic E-state index is 0.0286. The third-order valence-corrected chi connectivity index (χ3v) is 6.40. The number of aryl methyl sites for hydroxylation is 1. The van der Waals surface area contributed by atoms with E-state index in [1.807, 2.05) is 18.2 Å². The summed E-state index contributed by atoms with van der Waals surface area (Å²) < 4.78 is 0. The lowest BCUT2D eigenvalue weighted by atomic mass is 10.0. The smallest absolute Gasteiger partial charge is 0.166 e. The number of rotatable bonds is 9. The zero-order valence-corrected chi connectivity index (χ0v) is 19.8. The quantitative estimate of drug-likeness (QED) is 0.367. The Balaban J connectivity index is 1.34. The summed E-state index contributed by atoms with van der Waals surface area (Å²) in [6, 6.07) is 9.68. The zero-order chi connectivity index (χ0) is 23.2. The van der Waals surface area contributed by atoms with Crippen LogP contribution in [0.15, 0.2) is 42.7 Å². The van der Waals surface area contributed by atoms with Crippen molar-refractivity contribution in [3.8, 4) is 0 Å². The van der Waals surface area contributed by atoms with Crippen molar-refractivity contribution >= 4 is 39.8 Å². The number of anilines is 2. The Morgan fingerprint density at radius 3 is 2.79 bits per heavy atom. The molecule has 0 aliphatic carbocycles. The minimum atomic E-state index is 0.0286. The van der Waals surface area contributed by atoms with Gasteiger partial charge >= 0.3 is 0 Å². The van der Waals surface area contributed by atoms with Crippen LogP contribution in [0.3, 0.4) is 0 Å². The summed E-state index contributed by atoms with van der Waals surface area (Å²) in [5.41, 5.74) is 7.57. The van der Waals surface area contributed by atoms with Gasteiger partial charge in [-0.05, 0) is 49.5 Å². The molecule has 2 aromatic heterocycles. The van der Waals surface area contributed by atoms with E-state index < -0.39 is 0 Å². The Morgan fingerprint density at radius 2 is 1.97 bits per heavy atom. The fraction of sp³-hybridized carbons (Fsp3) is 0.400. The fourth-order valence-corrected chi connectivity index (χ4v) is 4.33. The highest BCUT2D eigenvalue weighted by molar-refractivity contribution is 6.31. The van der Waals surface area contributed by atoms with Crippen molar-refractivity contribution in [2.45, 2.75) is 19.3 Å². The predicted molar refractivity (Wildman–Crippen MR) is 135 cm³/mol. The Hall–Kier alpha value is -2.74. The van der Waals surface area contributed by atoms with Crippen LogP contribution in [0.4, 0.5) is 11.6 Å². The summed E-state index contributed by atoms with van der Waals surface area (Å²) in [5.74, 6) is 1.16. The third kappa shape index (κ3) is 6.19. The van der Waals surface area contributed by atoms with Gasteiger partial charge in [0.15, 0.2) is 5.78 Å². The number of hydrogen-bond acceptors (Lipinski definition) is 7. The van der Waals surface area contributed by atoms with E-state index in [1.54, 1.807) is 18.5 Å². The van der Waals surface area contributed by atoms with Gasteiger partial charge in [-0.2, -0.15) is 0 Å². The molecule has 3 heterocycles. The highest BCUT2D eigenvalue weighted by atomic mass is 35.5. The number of fused-ring (bicyclic) bond motifs is 1. The molecule has 0 radical (unpaired) electrons. The van der Waals surface area contributed by atoms with Gasteiger partial charge in [-0.1, -0.05) is 29.8 Å². The minimum Gasteiger partial charge on any atom is -0.383 e. The van der Waals surface area contributed by atoms with E-state index in [4.69, 9.17) is 17.3 Å². The van der Waals surface area contributed by atoms with E-state index in [2.05, 4.69) is 38.2 Å². The van der Waals surface area contributed by atoms with Gasteiger partial charge in [-0.25, -0.2) is 9.97 Å². The molecule has 1 aromatic carbocycles. The van der Waals surface area contributed by atoms with Crippen LogP contribution in [0.2, 0.25) is 5.02 Å². The summed E-state index contributed by atoms with van der Waals surface area (Å²) in [4.78, 5) is 26.4. The molecule has 3 aromatic rings. The van der Waals surface area contributed by atoms with E-state index >= 15 is 0 Å². The molecule has 0 unspecified atom stereocenters. The molecule has 1 fully saturated rings. The number of carbonyl (C=O) groups is 1. The number of halogens is 1. The molecule has 8 heteroatoms. The molecule has 1 aliphatic rings. The van der Waals surface area contributed by atoms with Crippen molar-refractivity contribution in [1.82, 2.24) is 19.8 Å². The number of nitrogens with two attached hydrogens (primary N) is 1. The molecule has 0 amide bonds. The number of Topliss-reactive ketones (excluding diaryl/α,β-unsaturated/α-hetero) is 1. The Labute approximate surface area is 199 Å². The normalized spacial score (nSPS) is 15.1. The molecule has 33 heavy (non-hydrogen) atoms. The number of aromatic nitrogens is 2. The molecule has 0 saturated carbocycles. The van der Waals surface area contributed by atoms with Gasteiger partial charge in [-0.15, -0.1) is 0 Å². The lowest BCUT2D eigenvalue weighted by molar-refractivity contribution is 0.0983. The van der Waals surface area contributed by atoms with Gasteiger partial charge in [0.25, 0.3) is 0 Å². The number of nitrogens with zero attached hydrogens (tertiary/aromatic N) is 4. The van der Waals surface area contributed by atoms with E-state index in [0.29, 0.717) is 35.1 Å². The molecule has 174 valence electrons. The predicted octanol–water partition coefficient (Wildman–Crippen LogP) is 3.73. The number of nitrogens with one attached hydrogen (secondary N) is 1. The average Bonchev–Trinajstić information content (AvgIpc) is 2.82. The fourth-order valence-electron chi connectivity index (χ4n) is 4.17. The van der Waals surface area contributed by atoms with Gasteiger partial charge in [0.2, 0.25) is 0 Å². The number of pyridine rings is 2. The summed E-state index contributed by atoms with van der Waals surface area (Å²) in [7, 11) is 2.16. The van der Waals surface area contributed by atoms with Gasteiger partial charge in [0, 0.05) is 56.9 Å². The van der Waals surface area contributed by atoms with Crippen LogP contribution in [-0.4, -0.2) is 71.9 Å². The second-order valence-corrected chi connectivity index (χ2v) is 9.09. The van der Waals surface area contributed by atoms with E-state index in [9.17, 15) is 4.79 Å². The van der Waals surface area contributed by atoms with Crippen LogP contribution in [0.5, 0.6) is 0 Å². The monoisotopic (exact) mass is 466 g/mol. The number of likely N-dealkylation sites (N-methyl/N-ethyl adjacent to an activating group) is 1. The van der Waals surface area contributed by atoms with E-state index in [1.165, 1.54) is 0 Å². The van der Waals surface area contributed by atoms with Crippen LogP contribution < -0.4 is 11.1 Å². The molecule has 1 aliphatic heterocycles. The second kappa shape index (κ2) is 10.9. The third-order valence-electron chi connectivity index (χ3n) is 6.19. The van der Waals surface area contributed by atoms with Gasteiger partial charge in [-0.3, -0.25) is 4.79 Å². The van der Waals surface area contributed by atoms with Crippen molar-refractivity contribution in [2.75, 3.05) is 57.4 Å². The van der Waals surface area contributed by atoms with Crippen molar-refractivity contribution in [3.05, 3.63) is 58.9 Å². The highest BCUT2D eigenvalue weighted by Gasteiger charge is 2.15. The summed E-state index contributed by atoms with van der Waals surface area (Å²) in [6.45, 7) is 6.26. The molecule has 1 saturated heterocycles. The molecule has 0 bridgehead atoms. The first-order valence-electron chi connectivity index (χ1n) is 11.5. The summed E-state index contributed by atoms with van der Waals surface area (Å²) in [6.07, 6.45) is 5.29. The first kappa shape index (κ1) is 23.4. The molecule has 0 atom stereocenters. The lowest BCUT2D eigenvalue weighted by Gasteiger charge is -2.32. The Bertz CT molecular complexity index is 1110. The van der Waals surface area contributed by atoms with Gasteiger partial charge in [0.05, 0.1) is 10.6 Å². The Morgan fingerprint density at radius 1 is 1.15 bits per heavy atom. The number of piperazine rings is 1. The molecular weight excluding hydrogens is 436 g/mol. The van der Waals surface area contributed by atoms with Crippen LogP contribution in [0.1, 0.15) is 28.8 Å². The van der Waals surface area contributed by atoms with Crippen LogP contribution in [-0.2, 0) is 6.42 Å². The topological polar surface area (TPSA) is 87.4 Å². The largest absolute Gasteiger partial charge is 0.383 e. The zero-order valence-electron chi connectivity index (χ0n) is 19.1. The number of hydrogen-bond donors (Lipinski definition) is 2. The Kier molecular flexibility index (Phi) is 7.75. The number of carbonyl (C=O) groups excluding carboxylic acids is 1. The van der Waals surface area contributed by atoms with Crippen LogP contribution in [0.25, 0.3) is 10.8 Å². The molecule has 0 spiro atoms. The molecule has 3 N–H and O–H groups in total. The van der Waals surface area contributed by atoms with E-state index in [-0.39, 0.29) is 5.78 Å². The highest BCUT2D eigenvalue weighted by Crippen LogP contribution is 2.23. The van der Waals surface area contributed by atoms with Crippen molar-refractivity contribution in [3.63, 3.8) is 0 Å². The van der Waals surface area contributed by atoms with Crippen LogP contribution >= 0.6 is 11.6 Å². The SMILES string of the molecule is CN1CCN(CCCNc2ncc(Cl)cc2C(=O)CCc2ccc3c(N)nccc3c2)CC1. The lowest BCUT2D eigenvalue weighted by Crippen LogP contribution is -2.44. The average molecular weight is 467 g/mol. The first-order valence-corrected chi connectivity index (χ1v) is 11.8. The van der Waals surface area contributed by atoms with Crippen molar-refractivity contribution in [2.24, 2.45) is 0 Å². The first-order chi connectivity index (χ1) is 16.0. The number of nitrogen functional groups attached to an aromatic ring is 1. The van der Waals surface area contributed by atoms with Crippen molar-refractivity contribution < 1.29 is 4.79 Å². The maximum Gasteiger partial charge on any atom is 0.166 e.